The maximum Gasteiger partial charge on any atom is 0.0803 e. The number of hydrogen-bond acceptors (Lipinski definition) is 3. The number of aryl methyl sites for hydroxylation is 2. The van der Waals surface area contributed by atoms with Crippen LogP contribution in [0.1, 0.15) is 11.4 Å². The molecule has 1 aliphatic rings. The average Bonchev–Trinajstić information content (AvgIpc) is 2.56. The molecule has 2 aromatic heterocycles. The maximum atomic E-state index is 4.70. The van der Waals surface area contributed by atoms with Crippen LogP contribution in [-0.2, 0) is 0 Å². The highest BCUT2D eigenvalue weighted by molar-refractivity contribution is 7.99. The molecule has 110 valence electrons. The van der Waals surface area contributed by atoms with E-state index in [2.05, 4.69) is 61.3 Å². The predicted octanol–water partition coefficient (Wildman–Crippen LogP) is 5.53. The number of hydrogen-bond donors (Lipinski definition) is 0. The molecule has 0 fully saturated rings. The molecule has 3 heteroatoms. The van der Waals surface area contributed by atoms with Gasteiger partial charge in [0.1, 0.15) is 0 Å². The van der Waals surface area contributed by atoms with Gasteiger partial charge in [0.25, 0.3) is 0 Å². The SMILES string of the molecule is Cc1cc2c(cc3c4c(nccc42)-c2ccccc2S3)c(C)n1. The van der Waals surface area contributed by atoms with Crippen molar-refractivity contribution in [3.8, 4) is 11.3 Å². The van der Waals surface area contributed by atoms with E-state index in [1.54, 1.807) is 0 Å². The lowest BCUT2D eigenvalue weighted by Crippen LogP contribution is -1.97. The second kappa shape index (κ2) is 4.56. The first kappa shape index (κ1) is 13.1. The van der Waals surface area contributed by atoms with Crippen molar-refractivity contribution in [3.63, 3.8) is 0 Å². The van der Waals surface area contributed by atoms with Gasteiger partial charge < -0.3 is 0 Å². The third-order valence-electron chi connectivity index (χ3n) is 4.50. The molecule has 0 saturated heterocycles. The monoisotopic (exact) mass is 314 g/mol. The minimum Gasteiger partial charge on any atom is -0.258 e. The van der Waals surface area contributed by atoms with Crippen molar-refractivity contribution in [3.05, 3.63) is 60.0 Å². The summed E-state index contributed by atoms with van der Waals surface area (Å²) < 4.78 is 0. The number of rotatable bonds is 0. The summed E-state index contributed by atoms with van der Waals surface area (Å²) in [7, 11) is 0. The fraction of sp³-hybridized carbons (Fsp3) is 0.100. The zero-order valence-corrected chi connectivity index (χ0v) is 13.7. The van der Waals surface area contributed by atoms with Gasteiger partial charge in [-0.1, -0.05) is 30.0 Å². The Labute approximate surface area is 138 Å². The number of benzene rings is 2. The summed E-state index contributed by atoms with van der Waals surface area (Å²) in [6.45, 7) is 4.15. The number of pyridine rings is 2. The minimum atomic E-state index is 1.06. The zero-order chi connectivity index (χ0) is 15.6. The van der Waals surface area contributed by atoms with E-state index >= 15 is 0 Å². The standard InChI is InChI=1S/C20H14N2S/c1-11-9-16-13-7-8-21-20-14-5-3-4-6-17(14)23-18(19(13)20)10-15(16)12(2)22-11/h3-10H,1-2H3. The second-order valence-electron chi connectivity index (χ2n) is 6.00. The molecule has 23 heavy (non-hydrogen) atoms. The van der Waals surface area contributed by atoms with Crippen molar-refractivity contribution < 1.29 is 0 Å². The zero-order valence-electron chi connectivity index (χ0n) is 12.9. The molecule has 0 spiro atoms. The highest BCUT2D eigenvalue weighted by atomic mass is 32.2. The lowest BCUT2D eigenvalue weighted by atomic mass is 9.97. The topological polar surface area (TPSA) is 25.8 Å². The Morgan fingerprint density at radius 1 is 0.870 bits per heavy atom. The average molecular weight is 314 g/mol. The Morgan fingerprint density at radius 3 is 2.65 bits per heavy atom. The summed E-state index contributed by atoms with van der Waals surface area (Å²) in [5.74, 6) is 0. The van der Waals surface area contributed by atoms with Gasteiger partial charge in [0.2, 0.25) is 0 Å². The molecule has 0 unspecified atom stereocenters. The largest absolute Gasteiger partial charge is 0.258 e. The molecule has 0 aliphatic carbocycles. The molecule has 0 N–H and O–H groups in total. The fourth-order valence-corrected chi connectivity index (χ4v) is 4.68. The van der Waals surface area contributed by atoms with Crippen molar-refractivity contribution in [2.24, 2.45) is 0 Å². The molecular weight excluding hydrogens is 300 g/mol. The van der Waals surface area contributed by atoms with Crippen LogP contribution in [0.5, 0.6) is 0 Å². The van der Waals surface area contributed by atoms with Gasteiger partial charge in [0.15, 0.2) is 0 Å². The highest BCUT2D eigenvalue weighted by Crippen LogP contribution is 2.48. The van der Waals surface area contributed by atoms with Gasteiger partial charge in [-0.25, -0.2) is 0 Å². The van der Waals surface area contributed by atoms with Crippen molar-refractivity contribution in [1.82, 2.24) is 9.97 Å². The predicted molar refractivity (Wildman–Crippen MR) is 96.1 cm³/mol. The van der Waals surface area contributed by atoms with Crippen LogP contribution in [0.15, 0.2) is 58.5 Å². The minimum absolute atomic E-state index is 1.06. The van der Waals surface area contributed by atoms with E-state index in [9.17, 15) is 0 Å². The number of nitrogens with zero attached hydrogens (tertiary/aromatic N) is 2. The van der Waals surface area contributed by atoms with Gasteiger partial charge in [0, 0.05) is 43.7 Å². The molecule has 0 bridgehead atoms. The Hall–Kier alpha value is -2.39. The van der Waals surface area contributed by atoms with Gasteiger partial charge in [-0.15, -0.1) is 0 Å². The van der Waals surface area contributed by atoms with Crippen LogP contribution in [0.2, 0.25) is 0 Å². The van der Waals surface area contributed by atoms with E-state index in [1.165, 1.54) is 36.9 Å². The van der Waals surface area contributed by atoms with Crippen molar-refractivity contribution in [2.75, 3.05) is 0 Å². The first-order valence-corrected chi connectivity index (χ1v) is 8.51. The van der Waals surface area contributed by atoms with Crippen LogP contribution in [-0.4, -0.2) is 9.97 Å². The van der Waals surface area contributed by atoms with Gasteiger partial charge in [-0.3, -0.25) is 9.97 Å². The van der Waals surface area contributed by atoms with Crippen LogP contribution in [0, 0.1) is 13.8 Å². The van der Waals surface area contributed by atoms with E-state index in [1.807, 2.05) is 18.0 Å². The van der Waals surface area contributed by atoms with Crippen LogP contribution >= 0.6 is 11.8 Å². The van der Waals surface area contributed by atoms with Crippen LogP contribution in [0.25, 0.3) is 32.8 Å². The number of fused-ring (bicyclic) bond motifs is 4. The second-order valence-corrected chi connectivity index (χ2v) is 7.08. The smallest absolute Gasteiger partial charge is 0.0803 e. The van der Waals surface area contributed by atoms with Gasteiger partial charge in [-0.2, -0.15) is 0 Å². The normalized spacial score (nSPS) is 12.6. The summed E-state index contributed by atoms with van der Waals surface area (Å²) in [4.78, 5) is 11.9. The lowest BCUT2D eigenvalue weighted by molar-refractivity contribution is 1.15. The molecule has 1 aliphatic heterocycles. The number of aromatic nitrogens is 2. The first-order valence-electron chi connectivity index (χ1n) is 7.69. The van der Waals surface area contributed by atoms with Crippen LogP contribution in [0.3, 0.4) is 0 Å². The Bertz CT molecular complexity index is 1120. The van der Waals surface area contributed by atoms with E-state index in [-0.39, 0.29) is 0 Å². The lowest BCUT2D eigenvalue weighted by Gasteiger charge is -2.20. The molecule has 0 atom stereocenters. The molecule has 5 rings (SSSR count). The summed E-state index contributed by atoms with van der Waals surface area (Å²) in [5, 5.41) is 5.06. The molecule has 0 saturated carbocycles. The van der Waals surface area contributed by atoms with E-state index < -0.39 is 0 Å². The Morgan fingerprint density at radius 2 is 1.74 bits per heavy atom. The first-order chi connectivity index (χ1) is 11.2. The maximum absolute atomic E-state index is 4.70. The van der Waals surface area contributed by atoms with Crippen molar-refractivity contribution in [2.45, 2.75) is 23.6 Å². The van der Waals surface area contributed by atoms with E-state index in [4.69, 9.17) is 4.98 Å². The van der Waals surface area contributed by atoms with Crippen LogP contribution < -0.4 is 0 Å². The molecule has 2 aromatic carbocycles. The third kappa shape index (κ3) is 1.77. The third-order valence-corrected chi connectivity index (χ3v) is 5.62. The quantitative estimate of drug-likeness (QED) is 0.351. The summed E-state index contributed by atoms with van der Waals surface area (Å²) >= 11 is 1.83. The Balaban J connectivity index is 2.03. The molecule has 4 aromatic rings. The molecule has 0 radical (unpaired) electrons. The van der Waals surface area contributed by atoms with Gasteiger partial charge >= 0.3 is 0 Å². The highest BCUT2D eigenvalue weighted by Gasteiger charge is 2.21. The Kier molecular flexibility index (Phi) is 2.59. The molecule has 3 heterocycles. The van der Waals surface area contributed by atoms with Gasteiger partial charge in [-0.05, 0) is 48.9 Å². The fourth-order valence-electron chi connectivity index (χ4n) is 3.54. The summed E-state index contributed by atoms with van der Waals surface area (Å²) in [5.41, 5.74) is 4.49. The summed E-state index contributed by atoms with van der Waals surface area (Å²) in [6.07, 6.45) is 1.93. The molecular formula is C20H14N2S. The van der Waals surface area contributed by atoms with Crippen LogP contribution in [0.4, 0.5) is 0 Å². The van der Waals surface area contributed by atoms with E-state index in [0.717, 1.165) is 17.1 Å². The molecule has 2 nitrogen and oxygen atoms in total. The molecule has 0 amide bonds. The van der Waals surface area contributed by atoms with Crippen molar-refractivity contribution in [1.29, 1.82) is 0 Å². The van der Waals surface area contributed by atoms with Crippen molar-refractivity contribution >= 4 is 33.3 Å². The van der Waals surface area contributed by atoms with Gasteiger partial charge in [0.05, 0.1) is 5.69 Å². The summed E-state index contributed by atoms with van der Waals surface area (Å²) in [6, 6.07) is 15.1. The van der Waals surface area contributed by atoms with E-state index in [0.29, 0.717) is 0 Å².